The Morgan fingerprint density at radius 1 is 1.00 bits per heavy atom. The fourth-order valence-corrected chi connectivity index (χ4v) is 2.83. The minimum atomic E-state index is 0.608. The van der Waals surface area contributed by atoms with Gasteiger partial charge in [-0.25, -0.2) is 0 Å². The molecule has 0 spiro atoms. The van der Waals surface area contributed by atoms with Gasteiger partial charge < -0.3 is 5.73 Å². The number of rotatable bonds is 3. The molecular weight excluding hydrogens is 242 g/mol. The molecule has 0 saturated carbocycles. The predicted molar refractivity (Wildman–Crippen MR) is 89.2 cm³/mol. The van der Waals surface area contributed by atoms with E-state index in [0.717, 1.165) is 11.3 Å². The molecule has 1 heteroatoms. The van der Waals surface area contributed by atoms with Crippen LogP contribution in [0.5, 0.6) is 0 Å². The van der Waals surface area contributed by atoms with Crippen LogP contribution >= 0.6 is 0 Å². The van der Waals surface area contributed by atoms with Gasteiger partial charge in [0.1, 0.15) is 0 Å². The molecule has 2 N–H and O–H groups in total. The summed E-state index contributed by atoms with van der Waals surface area (Å²) in [6.45, 7) is 11.0. The molecular formula is C19H25N. The summed E-state index contributed by atoms with van der Waals surface area (Å²) in [6, 6.07) is 10.9. The van der Waals surface area contributed by atoms with Crippen molar-refractivity contribution >= 4 is 5.69 Å². The van der Waals surface area contributed by atoms with Crippen LogP contribution < -0.4 is 5.73 Å². The third-order valence-electron chi connectivity index (χ3n) is 4.21. The zero-order valence-electron chi connectivity index (χ0n) is 13.2. The highest BCUT2D eigenvalue weighted by molar-refractivity contribution is 5.81. The van der Waals surface area contributed by atoms with Gasteiger partial charge in [0, 0.05) is 11.3 Å². The van der Waals surface area contributed by atoms with Crippen molar-refractivity contribution in [3.8, 4) is 11.1 Å². The van der Waals surface area contributed by atoms with Gasteiger partial charge in [-0.05, 0) is 67.5 Å². The number of hydrogen-bond donors (Lipinski definition) is 1. The minimum Gasteiger partial charge on any atom is -0.398 e. The van der Waals surface area contributed by atoms with Crippen molar-refractivity contribution in [2.24, 2.45) is 0 Å². The summed E-state index contributed by atoms with van der Waals surface area (Å²) in [5, 5.41) is 0. The Labute approximate surface area is 122 Å². The Hall–Kier alpha value is -1.76. The first-order chi connectivity index (χ1) is 9.43. The fraction of sp³-hybridized carbons (Fsp3) is 0.368. The third-order valence-corrected chi connectivity index (χ3v) is 4.21. The van der Waals surface area contributed by atoms with Crippen LogP contribution in [0.4, 0.5) is 5.69 Å². The summed E-state index contributed by atoms with van der Waals surface area (Å²) in [7, 11) is 0. The molecule has 1 atom stereocenters. The maximum atomic E-state index is 6.18. The van der Waals surface area contributed by atoms with Crippen LogP contribution in [0.2, 0.25) is 0 Å². The quantitative estimate of drug-likeness (QED) is 0.743. The average molecular weight is 267 g/mol. The summed E-state index contributed by atoms with van der Waals surface area (Å²) < 4.78 is 0. The zero-order chi connectivity index (χ0) is 14.9. The van der Waals surface area contributed by atoms with Crippen molar-refractivity contribution in [3.63, 3.8) is 0 Å². The van der Waals surface area contributed by atoms with E-state index in [1.807, 2.05) is 6.07 Å². The van der Waals surface area contributed by atoms with Crippen LogP contribution in [-0.4, -0.2) is 0 Å². The summed E-state index contributed by atoms with van der Waals surface area (Å²) in [6.07, 6.45) is 1.17. The molecule has 2 rings (SSSR count). The molecule has 0 saturated heterocycles. The molecule has 0 fully saturated rings. The van der Waals surface area contributed by atoms with Crippen LogP contribution in [0.25, 0.3) is 11.1 Å². The van der Waals surface area contributed by atoms with E-state index < -0.39 is 0 Å². The SMILES string of the molecule is CCC(C)c1cc(C)c(-c2cc(C)ccc2N)c(C)c1. The normalized spacial score (nSPS) is 12.4. The Balaban J connectivity index is 2.61. The lowest BCUT2D eigenvalue weighted by Crippen LogP contribution is -1.99. The maximum Gasteiger partial charge on any atom is 0.0394 e. The first-order valence-electron chi connectivity index (χ1n) is 7.41. The first-order valence-corrected chi connectivity index (χ1v) is 7.41. The highest BCUT2D eigenvalue weighted by atomic mass is 14.6. The van der Waals surface area contributed by atoms with Gasteiger partial charge in [-0.3, -0.25) is 0 Å². The molecule has 0 aromatic heterocycles. The topological polar surface area (TPSA) is 26.0 Å². The van der Waals surface area contributed by atoms with Crippen molar-refractivity contribution in [2.45, 2.75) is 47.0 Å². The van der Waals surface area contributed by atoms with Gasteiger partial charge in [0.2, 0.25) is 0 Å². The fourth-order valence-electron chi connectivity index (χ4n) is 2.83. The molecule has 0 aliphatic heterocycles. The van der Waals surface area contributed by atoms with Gasteiger partial charge in [0.05, 0.1) is 0 Å². The lowest BCUT2D eigenvalue weighted by atomic mass is 9.88. The molecule has 1 nitrogen and oxygen atoms in total. The molecule has 20 heavy (non-hydrogen) atoms. The van der Waals surface area contributed by atoms with Gasteiger partial charge >= 0.3 is 0 Å². The van der Waals surface area contributed by atoms with E-state index >= 15 is 0 Å². The van der Waals surface area contributed by atoms with Crippen molar-refractivity contribution in [2.75, 3.05) is 5.73 Å². The number of aryl methyl sites for hydroxylation is 3. The minimum absolute atomic E-state index is 0.608. The number of benzene rings is 2. The van der Waals surface area contributed by atoms with Gasteiger partial charge in [-0.1, -0.05) is 37.6 Å². The highest BCUT2D eigenvalue weighted by Gasteiger charge is 2.12. The average Bonchev–Trinajstić information content (AvgIpc) is 2.40. The monoisotopic (exact) mass is 267 g/mol. The van der Waals surface area contributed by atoms with E-state index in [-0.39, 0.29) is 0 Å². The molecule has 0 heterocycles. The lowest BCUT2D eigenvalue weighted by Gasteiger charge is -2.18. The molecule has 2 aromatic carbocycles. The number of nitrogens with two attached hydrogens (primary N) is 1. The molecule has 0 radical (unpaired) electrons. The van der Waals surface area contributed by atoms with Crippen molar-refractivity contribution in [3.05, 3.63) is 52.6 Å². The van der Waals surface area contributed by atoms with Crippen molar-refractivity contribution in [1.29, 1.82) is 0 Å². The van der Waals surface area contributed by atoms with Crippen molar-refractivity contribution < 1.29 is 0 Å². The summed E-state index contributed by atoms with van der Waals surface area (Å²) in [5.41, 5.74) is 14.8. The zero-order valence-corrected chi connectivity index (χ0v) is 13.2. The van der Waals surface area contributed by atoms with Crippen LogP contribution in [0.15, 0.2) is 30.3 Å². The standard InChI is InChI=1S/C19H25N/c1-6-13(3)16-10-14(4)19(15(5)11-16)17-9-12(2)7-8-18(17)20/h7-11,13H,6,20H2,1-5H3. The van der Waals surface area contributed by atoms with E-state index in [9.17, 15) is 0 Å². The summed E-state index contributed by atoms with van der Waals surface area (Å²) >= 11 is 0. The van der Waals surface area contributed by atoms with Crippen molar-refractivity contribution in [1.82, 2.24) is 0 Å². The molecule has 2 aromatic rings. The van der Waals surface area contributed by atoms with Crippen LogP contribution in [0.1, 0.15) is 48.4 Å². The molecule has 0 bridgehead atoms. The highest BCUT2D eigenvalue weighted by Crippen LogP contribution is 2.35. The maximum absolute atomic E-state index is 6.18. The lowest BCUT2D eigenvalue weighted by molar-refractivity contribution is 0.732. The largest absolute Gasteiger partial charge is 0.398 e. The first kappa shape index (κ1) is 14.6. The molecule has 0 aliphatic carbocycles. The van der Waals surface area contributed by atoms with Gasteiger partial charge in [-0.15, -0.1) is 0 Å². The van der Waals surface area contributed by atoms with Gasteiger partial charge in [0.15, 0.2) is 0 Å². The van der Waals surface area contributed by atoms with E-state index in [4.69, 9.17) is 5.73 Å². The number of anilines is 1. The smallest absolute Gasteiger partial charge is 0.0394 e. The Kier molecular flexibility index (Phi) is 4.17. The van der Waals surface area contributed by atoms with E-state index in [1.54, 1.807) is 0 Å². The summed E-state index contributed by atoms with van der Waals surface area (Å²) in [5.74, 6) is 0.608. The predicted octanol–water partition coefficient (Wildman–Crippen LogP) is 5.37. The second-order valence-corrected chi connectivity index (χ2v) is 5.93. The van der Waals surface area contributed by atoms with E-state index in [2.05, 4.69) is 58.9 Å². The van der Waals surface area contributed by atoms with Crippen LogP contribution in [-0.2, 0) is 0 Å². The molecule has 1 unspecified atom stereocenters. The van der Waals surface area contributed by atoms with Crippen LogP contribution in [0.3, 0.4) is 0 Å². The third kappa shape index (κ3) is 2.72. The Morgan fingerprint density at radius 3 is 2.15 bits per heavy atom. The second-order valence-electron chi connectivity index (χ2n) is 5.93. The summed E-state index contributed by atoms with van der Waals surface area (Å²) in [4.78, 5) is 0. The molecule has 0 amide bonds. The van der Waals surface area contributed by atoms with E-state index in [0.29, 0.717) is 5.92 Å². The molecule has 106 valence electrons. The van der Waals surface area contributed by atoms with Gasteiger partial charge in [-0.2, -0.15) is 0 Å². The number of hydrogen-bond acceptors (Lipinski definition) is 1. The Bertz CT molecular complexity index is 603. The second kappa shape index (κ2) is 5.70. The van der Waals surface area contributed by atoms with Gasteiger partial charge in [0.25, 0.3) is 0 Å². The Morgan fingerprint density at radius 2 is 1.60 bits per heavy atom. The van der Waals surface area contributed by atoms with Crippen LogP contribution in [0, 0.1) is 20.8 Å². The van der Waals surface area contributed by atoms with E-state index in [1.165, 1.54) is 34.2 Å². The number of nitrogen functional groups attached to an aromatic ring is 1. The molecule has 0 aliphatic rings.